The van der Waals surface area contributed by atoms with Crippen molar-refractivity contribution >= 4 is 22.4 Å². The Bertz CT molecular complexity index is 495. The van der Waals surface area contributed by atoms with E-state index in [0.717, 1.165) is 35.6 Å². The minimum atomic E-state index is 0.607. The maximum atomic E-state index is 6.01. The van der Waals surface area contributed by atoms with Crippen LogP contribution in [0.15, 0.2) is 24.5 Å². The molecule has 0 saturated heterocycles. The molecule has 96 valence electrons. The van der Waals surface area contributed by atoms with Crippen molar-refractivity contribution in [3.05, 3.63) is 24.5 Å². The van der Waals surface area contributed by atoms with Gasteiger partial charge in [-0.25, -0.2) is 0 Å². The summed E-state index contributed by atoms with van der Waals surface area (Å²) in [7, 11) is 0. The lowest BCUT2D eigenvalue weighted by Crippen LogP contribution is -2.22. The van der Waals surface area contributed by atoms with Crippen LogP contribution >= 0.6 is 11.5 Å². The molecule has 0 aromatic carbocycles. The molecule has 0 radical (unpaired) electrons. The largest absolute Gasteiger partial charge is 0.382 e. The average Bonchev–Trinajstić information content (AvgIpc) is 2.79. The summed E-state index contributed by atoms with van der Waals surface area (Å²) >= 11 is 1.47. The fourth-order valence-electron chi connectivity index (χ4n) is 1.97. The number of nitrogen functional groups attached to an aromatic ring is 1. The minimum absolute atomic E-state index is 0.607. The molecular weight excluding hydrogens is 244 g/mol. The summed E-state index contributed by atoms with van der Waals surface area (Å²) in [5.41, 5.74) is 8.14. The van der Waals surface area contributed by atoms with Gasteiger partial charge in [0, 0.05) is 25.5 Å². The van der Waals surface area contributed by atoms with Crippen LogP contribution in [-0.2, 0) is 0 Å². The summed E-state index contributed by atoms with van der Waals surface area (Å²) < 4.78 is 4.30. The van der Waals surface area contributed by atoms with Gasteiger partial charge in [-0.2, -0.15) is 4.37 Å². The quantitative estimate of drug-likeness (QED) is 0.900. The lowest BCUT2D eigenvalue weighted by atomic mass is 10.1. The molecule has 0 spiro atoms. The van der Waals surface area contributed by atoms with Crippen LogP contribution < -0.4 is 10.6 Å². The number of nitrogens with two attached hydrogens (primary N) is 1. The third-order valence-electron chi connectivity index (χ3n) is 2.83. The molecule has 2 aromatic heterocycles. The summed E-state index contributed by atoms with van der Waals surface area (Å²) in [6.07, 6.45) is 4.68. The Balaban J connectivity index is 2.44. The van der Waals surface area contributed by atoms with Crippen LogP contribution in [0.1, 0.15) is 20.3 Å². The van der Waals surface area contributed by atoms with Gasteiger partial charge in [0.15, 0.2) is 0 Å². The molecule has 2 rings (SSSR count). The number of hydrogen-bond acceptors (Lipinski definition) is 5. The van der Waals surface area contributed by atoms with Crippen molar-refractivity contribution < 1.29 is 0 Å². The molecule has 0 aliphatic heterocycles. The number of anilines is 2. The Morgan fingerprint density at radius 2 is 2.00 bits per heavy atom. The monoisotopic (exact) mass is 262 g/mol. The summed E-state index contributed by atoms with van der Waals surface area (Å²) in [5, 5.41) is 1.16. The third-order valence-corrected chi connectivity index (χ3v) is 3.76. The van der Waals surface area contributed by atoms with E-state index >= 15 is 0 Å². The van der Waals surface area contributed by atoms with E-state index in [-0.39, 0.29) is 0 Å². The van der Waals surface area contributed by atoms with Gasteiger partial charge in [-0.1, -0.05) is 6.92 Å². The number of pyridine rings is 1. The van der Waals surface area contributed by atoms with Crippen LogP contribution in [0.5, 0.6) is 0 Å². The molecule has 0 amide bonds. The first-order valence-electron chi connectivity index (χ1n) is 6.18. The molecule has 5 heteroatoms. The number of hydrogen-bond donors (Lipinski definition) is 1. The number of nitrogens with zero attached hydrogens (tertiary/aromatic N) is 3. The molecule has 0 saturated carbocycles. The smallest absolute Gasteiger partial charge is 0.147 e. The highest BCUT2D eigenvalue weighted by atomic mass is 32.1. The lowest BCUT2D eigenvalue weighted by molar-refractivity contribution is 0.799. The predicted octanol–water partition coefficient (Wildman–Crippen LogP) is 3.02. The van der Waals surface area contributed by atoms with Gasteiger partial charge < -0.3 is 10.6 Å². The molecule has 2 N–H and O–H groups in total. The van der Waals surface area contributed by atoms with E-state index in [2.05, 4.69) is 28.1 Å². The van der Waals surface area contributed by atoms with Gasteiger partial charge >= 0.3 is 0 Å². The molecule has 4 nitrogen and oxygen atoms in total. The topological polar surface area (TPSA) is 55.0 Å². The fraction of sp³-hybridized carbons (Fsp3) is 0.385. The highest BCUT2D eigenvalue weighted by molar-refractivity contribution is 7.11. The number of rotatable bonds is 5. The summed E-state index contributed by atoms with van der Waals surface area (Å²) in [6.45, 7) is 6.32. The molecule has 0 atom stereocenters. The van der Waals surface area contributed by atoms with Gasteiger partial charge in [0.1, 0.15) is 10.8 Å². The van der Waals surface area contributed by atoms with Crippen LogP contribution in [0.3, 0.4) is 0 Å². The second kappa shape index (κ2) is 5.82. The van der Waals surface area contributed by atoms with Crippen molar-refractivity contribution in [2.24, 2.45) is 0 Å². The van der Waals surface area contributed by atoms with E-state index in [1.807, 2.05) is 12.1 Å². The molecule has 2 heterocycles. The van der Waals surface area contributed by atoms with Crippen molar-refractivity contribution in [2.45, 2.75) is 20.3 Å². The van der Waals surface area contributed by atoms with Crippen molar-refractivity contribution in [3.63, 3.8) is 0 Å². The molecule has 0 unspecified atom stereocenters. The van der Waals surface area contributed by atoms with E-state index < -0.39 is 0 Å². The minimum Gasteiger partial charge on any atom is -0.382 e. The van der Waals surface area contributed by atoms with E-state index in [9.17, 15) is 0 Å². The maximum Gasteiger partial charge on any atom is 0.147 e. The lowest BCUT2D eigenvalue weighted by Gasteiger charge is -2.21. The van der Waals surface area contributed by atoms with Crippen molar-refractivity contribution in [2.75, 3.05) is 23.7 Å². The summed E-state index contributed by atoms with van der Waals surface area (Å²) in [6, 6.07) is 3.95. The van der Waals surface area contributed by atoms with Gasteiger partial charge in [0.2, 0.25) is 0 Å². The average molecular weight is 262 g/mol. The maximum absolute atomic E-state index is 6.01. The third kappa shape index (κ3) is 2.46. The Kier molecular flexibility index (Phi) is 4.15. The van der Waals surface area contributed by atoms with Crippen molar-refractivity contribution in [3.8, 4) is 11.1 Å². The molecule has 0 aliphatic rings. The van der Waals surface area contributed by atoms with Crippen LogP contribution in [0.4, 0.5) is 10.8 Å². The van der Waals surface area contributed by atoms with Crippen LogP contribution in [0.2, 0.25) is 0 Å². The van der Waals surface area contributed by atoms with E-state index in [1.165, 1.54) is 11.5 Å². The van der Waals surface area contributed by atoms with Gasteiger partial charge in [-0.3, -0.25) is 4.98 Å². The highest BCUT2D eigenvalue weighted by Gasteiger charge is 2.17. The van der Waals surface area contributed by atoms with Gasteiger partial charge in [0.05, 0.1) is 5.56 Å². The van der Waals surface area contributed by atoms with E-state index in [4.69, 9.17) is 5.73 Å². The summed E-state index contributed by atoms with van der Waals surface area (Å²) in [5.74, 6) is 0.607. The zero-order chi connectivity index (χ0) is 13.0. The standard InChI is InChI=1S/C13H18N4S/c1-3-9-17(4-2)13-11(12(14)16-18-13)10-5-7-15-8-6-10/h5-8H,3-4,9H2,1-2H3,(H2,14,16). The van der Waals surface area contributed by atoms with E-state index in [0.29, 0.717) is 5.82 Å². The van der Waals surface area contributed by atoms with E-state index in [1.54, 1.807) is 12.4 Å². The Hall–Kier alpha value is -1.62. The SMILES string of the molecule is CCCN(CC)c1snc(N)c1-c1ccncc1. The fourth-order valence-corrected chi connectivity index (χ4v) is 2.90. The van der Waals surface area contributed by atoms with Crippen LogP contribution in [0.25, 0.3) is 11.1 Å². The molecule has 0 fully saturated rings. The van der Waals surface area contributed by atoms with Gasteiger partial charge in [-0.05, 0) is 42.6 Å². The first-order valence-corrected chi connectivity index (χ1v) is 6.95. The second-order valence-electron chi connectivity index (χ2n) is 4.06. The Morgan fingerprint density at radius 1 is 1.28 bits per heavy atom. The molecule has 0 bridgehead atoms. The zero-order valence-corrected chi connectivity index (χ0v) is 11.6. The predicted molar refractivity (Wildman–Crippen MR) is 77.9 cm³/mol. The molecule has 18 heavy (non-hydrogen) atoms. The first-order chi connectivity index (χ1) is 8.77. The van der Waals surface area contributed by atoms with Gasteiger partial charge in [-0.15, -0.1) is 0 Å². The molecular formula is C13H18N4S. The first kappa shape index (κ1) is 12.8. The van der Waals surface area contributed by atoms with Crippen LogP contribution in [-0.4, -0.2) is 22.4 Å². The molecule has 2 aromatic rings. The zero-order valence-electron chi connectivity index (χ0n) is 10.8. The molecule has 0 aliphatic carbocycles. The Labute approximate surface area is 112 Å². The van der Waals surface area contributed by atoms with Crippen molar-refractivity contribution in [1.82, 2.24) is 9.36 Å². The van der Waals surface area contributed by atoms with Gasteiger partial charge in [0.25, 0.3) is 0 Å². The summed E-state index contributed by atoms with van der Waals surface area (Å²) in [4.78, 5) is 6.37. The number of aromatic nitrogens is 2. The van der Waals surface area contributed by atoms with Crippen molar-refractivity contribution in [1.29, 1.82) is 0 Å². The highest BCUT2D eigenvalue weighted by Crippen LogP contribution is 2.38. The second-order valence-corrected chi connectivity index (χ2v) is 4.82. The van der Waals surface area contributed by atoms with Crippen LogP contribution in [0, 0.1) is 0 Å². The normalized spacial score (nSPS) is 10.6. The Morgan fingerprint density at radius 3 is 2.61 bits per heavy atom.